The van der Waals surface area contributed by atoms with Crippen LogP contribution in [-0.4, -0.2) is 14.1 Å². The van der Waals surface area contributed by atoms with Crippen LogP contribution >= 0.6 is 0 Å². The molecular weight excluding hydrogens is 607 g/mol. The van der Waals surface area contributed by atoms with E-state index in [1.54, 1.807) is 0 Å². The minimum Gasteiger partial charge on any atom is -0.309 e. The van der Waals surface area contributed by atoms with Crippen molar-refractivity contribution < 1.29 is 0 Å². The van der Waals surface area contributed by atoms with Crippen LogP contribution in [0.4, 0.5) is 0 Å². The van der Waals surface area contributed by atoms with Crippen molar-refractivity contribution in [3.05, 3.63) is 176 Å². The molecule has 0 saturated heterocycles. The molecule has 3 heteroatoms. The number of aromatic nitrogens is 3. The van der Waals surface area contributed by atoms with Crippen LogP contribution in [0.3, 0.4) is 0 Å². The van der Waals surface area contributed by atoms with E-state index < -0.39 is 0 Å². The number of hydrogen-bond acceptors (Lipinski definition) is 1. The number of hydrogen-bond donors (Lipinski definition) is 0. The van der Waals surface area contributed by atoms with Gasteiger partial charge in [-0.05, 0) is 69.2 Å². The molecule has 0 atom stereocenters. The fraction of sp³-hybridized carbons (Fsp3) is 0. The summed E-state index contributed by atoms with van der Waals surface area (Å²) in [5, 5.41) is 9.89. The maximum absolute atomic E-state index is 5.22. The van der Waals surface area contributed by atoms with E-state index in [1.807, 2.05) is 6.20 Å². The highest BCUT2D eigenvalue weighted by atomic mass is 15.1. The van der Waals surface area contributed by atoms with Crippen LogP contribution in [0.5, 0.6) is 0 Å². The molecule has 0 aliphatic rings. The van der Waals surface area contributed by atoms with Gasteiger partial charge in [0.15, 0.2) is 0 Å². The topological polar surface area (TPSA) is 22.8 Å². The van der Waals surface area contributed by atoms with Gasteiger partial charge in [-0.1, -0.05) is 133 Å². The third-order valence-electron chi connectivity index (χ3n) is 10.5. The van der Waals surface area contributed by atoms with E-state index in [4.69, 9.17) is 4.98 Å². The zero-order valence-corrected chi connectivity index (χ0v) is 27.1. The summed E-state index contributed by atoms with van der Waals surface area (Å²) in [6, 6.07) is 61.5. The summed E-state index contributed by atoms with van der Waals surface area (Å²) >= 11 is 0. The molecule has 0 spiro atoms. The number of benzene rings is 8. The van der Waals surface area contributed by atoms with Gasteiger partial charge in [-0.15, -0.1) is 0 Å². The van der Waals surface area contributed by atoms with Crippen molar-refractivity contribution in [3.8, 4) is 33.8 Å². The number of rotatable bonds is 4. The molecule has 50 heavy (non-hydrogen) atoms. The Balaban J connectivity index is 1.18. The quantitative estimate of drug-likeness (QED) is 0.176. The first kappa shape index (κ1) is 27.3. The molecule has 3 heterocycles. The van der Waals surface area contributed by atoms with Crippen molar-refractivity contribution in [1.82, 2.24) is 14.1 Å². The predicted octanol–water partition coefficient (Wildman–Crippen LogP) is 12.4. The molecule has 11 rings (SSSR count). The third-order valence-corrected chi connectivity index (χ3v) is 10.5. The zero-order valence-electron chi connectivity index (χ0n) is 27.1. The largest absolute Gasteiger partial charge is 0.309 e. The van der Waals surface area contributed by atoms with E-state index in [1.165, 1.54) is 82.1 Å². The molecule has 0 unspecified atom stereocenters. The van der Waals surface area contributed by atoms with Crippen LogP contribution in [0.2, 0.25) is 0 Å². The van der Waals surface area contributed by atoms with Crippen LogP contribution in [-0.2, 0) is 0 Å². The molecule has 3 aromatic heterocycles. The average Bonchev–Trinajstić information content (AvgIpc) is 3.70. The van der Waals surface area contributed by atoms with Crippen LogP contribution in [0.1, 0.15) is 0 Å². The number of pyridine rings is 1. The number of fused-ring (bicyclic) bond motifs is 4. The predicted molar refractivity (Wildman–Crippen MR) is 210 cm³/mol. The summed E-state index contributed by atoms with van der Waals surface area (Å²) in [5.74, 6) is 0.951. The first-order valence-electron chi connectivity index (χ1n) is 17.1. The molecule has 11 aromatic rings. The summed E-state index contributed by atoms with van der Waals surface area (Å²) in [5.41, 5.74) is 10.7. The average molecular weight is 636 g/mol. The Bertz CT molecular complexity index is 3080. The Labute approximate surface area is 288 Å². The van der Waals surface area contributed by atoms with Gasteiger partial charge in [0, 0.05) is 44.4 Å². The highest BCUT2D eigenvalue weighted by Gasteiger charge is 2.22. The first-order chi connectivity index (χ1) is 24.8. The Hall–Kier alpha value is -6.71. The maximum atomic E-state index is 5.22. The number of nitrogens with zero attached hydrogens (tertiary/aromatic N) is 3. The standard InChI is InChI=1S/C47H29N3/c1-3-12-30(13-4-1)40-29-48-47(39-19-8-7-17-35(39)40)50-42-21-11-14-31-22-25-38-34(26-27-43(50)46(38)45(31)42)32-23-24-37-36-18-9-10-20-41(36)49(44(37)28-32)33-15-5-2-6-16-33/h1-29H. The van der Waals surface area contributed by atoms with Crippen molar-refractivity contribution in [2.45, 2.75) is 0 Å². The molecule has 0 aliphatic heterocycles. The van der Waals surface area contributed by atoms with Gasteiger partial charge in [-0.25, -0.2) is 4.98 Å². The molecular formula is C47H29N3. The van der Waals surface area contributed by atoms with Gasteiger partial charge in [-0.2, -0.15) is 0 Å². The van der Waals surface area contributed by atoms with Crippen molar-refractivity contribution >= 4 is 65.2 Å². The lowest BCUT2D eigenvalue weighted by Gasteiger charge is -2.14. The van der Waals surface area contributed by atoms with Crippen LogP contribution in [0, 0.1) is 0 Å². The second-order valence-electron chi connectivity index (χ2n) is 13.2. The fourth-order valence-corrected chi connectivity index (χ4v) is 8.37. The van der Waals surface area contributed by atoms with Gasteiger partial charge < -0.3 is 4.57 Å². The Kier molecular flexibility index (Phi) is 5.67. The van der Waals surface area contributed by atoms with Crippen LogP contribution < -0.4 is 0 Å². The molecule has 0 aliphatic carbocycles. The summed E-state index contributed by atoms with van der Waals surface area (Å²) in [7, 11) is 0. The lowest BCUT2D eigenvalue weighted by Crippen LogP contribution is -1.99. The molecule has 0 fully saturated rings. The number of para-hydroxylation sites is 2. The van der Waals surface area contributed by atoms with E-state index >= 15 is 0 Å². The molecule has 0 N–H and O–H groups in total. The van der Waals surface area contributed by atoms with Gasteiger partial charge >= 0.3 is 0 Å². The van der Waals surface area contributed by atoms with Gasteiger partial charge in [-0.3, -0.25) is 4.57 Å². The molecule has 0 bridgehead atoms. The SMILES string of the molecule is c1ccc(-c2cnc(-n3c4cccc5ccc6c(-c7ccc8c9ccccc9n(-c9ccccc9)c8c7)ccc3c6c54)c3ccccc23)cc1. The summed E-state index contributed by atoms with van der Waals surface area (Å²) < 4.78 is 4.77. The molecule has 0 amide bonds. The van der Waals surface area contributed by atoms with Crippen molar-refractivity contribution in [2.24, 2.45) is 0 Å². The van der Waals surface area contributed by atoms with E-state index in [0.717, 1.165) is 16.8 Å². The Morgan fingerprint density at radius 2 is 1.04 bits per heavy atom. The lowest BCUT2D eigenvalue weighted by molar-refractivity contribution is 1.10. The van der Waals surface area contributed by atoms with E-state index in [0.29, 0.717) is 0 Å². The van der Waals surface area contributed by atoms with E-state index in [9.17, 15) is 0 Å². The van der Waals surface area contributed by atoms with Gasteiger partial charge in [0.1, 0.15) is 5.82 Å². The third kappa shape index (κ3) is 3.77. The smallest absolute Gasteiger partial charge is 0.145 e. The van der Waals surface area contributed by atoms with E-state index in [2.05, 4.69) is 179 Å². The minimum atomic E-state index is 0.951. The lowest BCUT2D eigenvalue weighted by atomic mass is 9.94. The summed E-state index contributed by atoms with van der Waals surface area (Å²) in [6.07, 6.45) is 2.04. The molecule has 8 aromatic carbocycles. The maximum Gasteiger partial charge on any atom is 0.145 e. The van der Waals surface area contributed by atoms with E-state index in [-0.39, 0.29) is 0 Å². The highest BCUT2D eigenvalue weighted by Crippen LogP contribution is 2.44. The van der Waals surface area contributed by atoms with Crippen molar-refractivity contribution in [1.29, 1.82) is 0 Å². The Morgan fingerprint density at radius 1 is 0.360 bits per heavy atom. The highest BCUT2D eigenvalue weighted by molar-refractivity contribution is 6.27. The molecule has 3 nitrogen and oxygen atoms in total. The first-order valence-corrected chi connectivity index (χ1v) is 17.1. The van der Waals surface area contributed by atoms with Crippen molar-refractivity contribution in [2.75, 3.05) is 0 Å². The van der Waals surface area contributed by atoms with Gasteiger partial charge in [0.05, 0.1) is 22.1 Å². The Morgan fingerprint density at radius 3 is 1.90 bits per heavy atom. The summed E-state index contributed by atoms with van der Waals surface area (Å²) in [4.78, 5) is 5.22. The normalized spacial score (nSPS) is 12.0. The molecule has 0 saturated carbocycles. The van der Waals surface area contributed by atoms with Gasteiger partial charge in [0.25, 0.3) is 0 Å². The van der Waals surface area contributed by atoms with Crippen molar-refractivity contribution in [3.63, 3.8) is 0 Å². The van der Waals surface area contributed by atoms with Gasteiger partial charge in [0.2, 0.25) is 0 Å². The second kappa shape index (κ2) is 10.4. The molecule has 232 valence electrons. The summed E-state index contributed by atoms with van der Waals surface area (Å²) in [6.45, 7) is 0. The van der Waals surface area contributed by atoms with Crippen LogP contribution in [0.25, 0.3) is 98.9 Å². The minimum absolute atomic E-state index is 0.951. The van der Waals surface area contributed by atoms with Crippen LogP contribution in [0.15, 0.2) is 176 Å². The second-order valence-corrected chi connectivity index (χ2v) is 13.2. The molecule has 0 radical (unpaired) electrons. The zero-order chi connectivity index (χ0) is 32.8. The monoisotopic (exact) mass is 635 g/mol. The fourth-order valence-electron chi connectivity index (χ4n) is 8.37.